The van der Waals surface area contributed by atoms with Crippen molar-refractivity contribution < 1.29 is 8.91 Å². The molecule has 0 saturated carbocycles. The van der Waals surface area contributed by atoms with E-state index < -0.39 is 11.4 Å². The fourth-order valence-corrected chi connectivity index (χ4v) is 1.60. The van der Waals surface area contributed by atoms with Crippen LogP contribution in [0.1, 0.15) is 26.1 Å². The first-order valence-electron chi connectivity index (χ1n) is 5.53. The zero-order valence-corrected chi connectivity index (χ0v) is 10.8. The maximum absolute atomic E-state index is 13.3. The van der Waals surface area contributed by atoms with E-state index in [1.807, 2.05) is 6.92 Å². The van der Waals surface area contributed by atoms with E-state index in [2.05, 4.69) is 10.1 Å². The highest BCUT2D eigenvalue weighted by atomic mass is 35.5. The lowest BCUT2D eigenvalue weighted by atomic mass is 10.00. The standard InChI is InChI=1S/C12H13ClFN3O/c1-3-12(2,15)11-16-10(18-17-11)7-5-4-6-8(14)9(7)13/h4-6H,3,15H2,1-2H3. The summed E-state index contributed by atoms with van der Waals surface area (Å²) in [6.45, 7) is 3.72. The summed E-state index contributed by atoms with van der Waals surface area (Å²) in [6.07, 6.45) is 0.656. The van der Waals surface area contributed by atoms with Gasteiger partial charge in [-0.2, -0.15) is 4.98 Å². The molecule has 18 heavy (non-hydrogen) atoms. The Labute approximate surface area is 109 Å². The number of nitrogens with two attached hydrogens (primary N) is 1. The zero-order valence-electron chi connectivity index (χ0n) is 10.1. The lowest BCUT2D eigenvalue weighted by molar-refractivity contribution is 0.379. The van der Waals surface area contributed by atoms with Gasteiger partial charge in [0.25, 0.3) is 5.89 Å². The number of halogens is 2. The normalized spacial score (nSPS) is 14.5. The van der Waals surface area contributed by atoms with E-state index >= 15 is 0 Å². The highest BCUT2D eigenvalue weighted by molar-refractivity contribution is 6.33. The van der Waals surface area contributed by atoms with Crippen molar-refractivity contribution in [1.82, 2.24) is 10.1 Å². The summed E-state index contributed by atoms with van der Waals surface area (Å²) in [7, 11) is 0. The van der Waals surface area contributed by atoms with Crippen LogP contribution in [0.25, 0.3) is 11.5 Å². The Bertz CT molecular complexity index is 568. The molecule has 0 aliphatic rings. The predicted octanol–water partition coefficient (Wildman–Crippen LogP) is 3.11. The zero-order chi connectivity index (χ0) is 13.3. The van der Waals surface area contributed by atoms with Crippen molar-refractivity contribution in [2.45, 2.75) is 25.8 Å². The molecule has 1 heterocycles. The van der Waals surface area contributed by atoms with Crippen LogP contribution in [-0.4, -0.2) is 10.1 Å². The number of hydrogen-bond donors (Lipinski definition) is 1. The maximum atomic E-state index is 13.3. The van der Waals surface area contributed by atoms with Gasteiger partial charge in [0.05, 0.1) is 16.1 Å². The van der Waals surface area contributed by atoms with Gasteiger partial charge in [0.15, 0.2) is 5.82 Å². The molecular weight excluding hydrogens is 257 g/mol. The Balaban J connectivity index is 2.45. The molecule has 1 unspecified atom stereocenters. The van der Waals surface area contributed by atoms with Crippen molar-refractivity contribution in [2.24, 2.45) is 5.73 Å². The van der Waals surface area contributed by atoms with Crippen LogP contribution >= 0.6 is 11.6 Å². The highest BCUT2D eigenvalue weighted by Crippen LogP contribution is 2.30. The van der Waals surface area contributed by atoms with Gasteiger partial charge in [-0.1, -0.05) is 29.7 Å². The number of aromatic nitrogens is 2. The lowest BCUT2D eigenvalue weighted by Crippen LogP contribution is -2.33. The molecule has 0 bridgehead atoms. The number of benzene rings is 1. The summed E-state index contributed by atoms with van der Waals surface area (Å²) in [5.41, 5.74) is 5.69. The number of nitrogens with zero attached hydrogens (tertiary/aromatic N) is 2. The van der Waals surface area contributed by atoms with E-state index in [9.17, 15) is 4.39 Å². The number of hydrogen-bond acceptors (Lipinski definition) is 4. The van der Waals surface area contributed by atoms with Gasteiger partial charge in [-0.05, 0) is 25.5 Å². The van der Waals surface area contributed by atoms with Gasteiger partial charge in [-0.15, -0.1) is 0 Å². The smallest absolute Gasteiger partial charge is 0.259 e. The van der Waals surface area contributed by atoms with Gasteiger partial charge in [-0.25, -0.2) is 4.39 Å². The minimum absolute atomic E-state index is 0.0390. The molecule has 0 aliphatic carbocycles. The molecule has 0 fully saturated rings. The van der Waals surface area contributed by atoms with Crippen LogP contribution in [0.15, 0.2) is 22.7 Å². The van der Waals surface area contributed by atoms with Crippen LogP contribution in [0.5, 0.6) is 0 Å². The first-order valence-corrected chi connectivity index (χ1v) is 5.91. The molecule has 0 amide bonds. The van der Waals surface area contributed by atoms with Crippen LogP contribution < -0.4 is 5.73 Å². The molecule has 0 radical (unpaired) electrons. The summed E-state index contributed by atoms with van der Waals surface area (Å²) in [5, 5.41) is 3.77. The van der Waals surface area contributed by atoms with Gasteiger partial charge in [0.2, 0.25) is 0 Å². The van der Waals surface area contributed by atoms with Crippen LogP contribution in [0.4, 0.5) is 4.39 Å². The third-order valence-corrected chi connectivity index (χ3v) is 3.24. The van der Waals surface area contributed by atoms with Crippen LogP contribution in [0.3, 0.4) is 0 Å². The Kier molecular flexibility index (Phi) is 3.36. The minimum atomic E-state index is -0.679. The Morgan fingerprint density at radius 1 is 1.50 bits per heavy atom. The van der Waals surface area contributed by atoms with Crippen molar-refractivity contribution in [1.29, 1.82) is 0 Å². The molecule has 0 saturated heterocycles. The second-order valence-electron chi connectivity index (χ2n) is 4.30. The second kappa shape index (κ2) is 4.66. The average Bonchev–Trinajstić information content (AvgIpc) is 2.82. The molecule has 2 aromatic rings. The van der Waals surface area contributed by atoms with E-state index in [0.717, 1.165) is 0 Å². The fraction of sp³-hybridized carbons (Fsp3) is 0.333. The van der Waals surface area contributed by atoms with Gasteiger partial charge < -0.3 is 10.3 Å². The van der Waals surface area contributed by atoms with Crippen molar-refractivity contribution in [2.75, 3.05) is 0 Å². The second-order valence-corrected chi connectivity index (χ2v) is 4.67. The summed E-state index contributed by atoms with van der Waals surface area (Å²) in [4.78, 5) is 4.17. The highest BCUT2D eigenvalue weighted by Gasteiger charge is 2.26. The molecule has 6 heteroatoms. The van der Waals surface area contributed by atoms with E-state index in [1.54, 1.807) is 13.0 Å². The lowest BCUT2D eigenvalue weighted by Gasteiger charge is -2.16. The third kappa shape index (κ3) is 2.23. The fourth-order valence-electron chi connectivity index (χ4n) is 1.39. The molecule has 4 nitrogen and oxygen atoms in total. The van der Waals surface area contributed by atoms with Crippen molar-refractivity contribution in [3.63, 3.8) is 0 Å². The Morgan fingerprint density at radius 3 is 2.89 bits per heavy atom. The molecule has 0 spiro atoms. The molecule has 1 aromatic carbocycles. The number of rotatable bonds is 3. The summed E-state index contributed by atoms with van der Waals surface area (Å²) in [6, 6.07) is 4.41. The van der Waals surface area contributed by atoms with Gasteiger partial charge in [0, 0.05) is 0 Å². The van der Waals surface area contributed by atoms with Crippen molar-refractivity contribution >= 4 is 11.6 Å². The molecule has 1 aromatic heterocycles. The summed E-state index contributed by atoms with van der Waals surface area (Å²) in [5.74, 6) is 0.0138. The quantitative estimate of drug-likeness (QED) is 0.930. The van der Waals surface area contributed by atoms with Gasteiger partial charge in [-0.3, -0.25) is 0 Å². The summed E-state index contributed by atoms with van der Waals surface area (Å²) >= 11 is 5.85. The van der Waals surface area contributed by atoms with Crippen LogP contribution in [0, 0.1) is 5.82 Å². The van der Waals surface area contributed by atoms with E-state index in [1.165, 1.54) is 12.1 Å². The first kappa shape index (κ1) is 13.0. The topological polar surface area (TPSA) is 64.9 Å². The first-order chi connectivity index (χ1) is 8.45. The SMILES string of the molecule is CCC(C)(N)c1noc(-c2cccc(F)c2Cl)n1. The van der Waals surface area contributed by atoms with Crippen LogP contribution in [0.2, 0.25) is 5.02 Å². The van der Waals surface area contributed by atoms with Crippen molar-refractivity contribution in [3.8, 4) is 11.5 Å². The molecule has 96 valence electrons. The van der Waals surface area contributed by atoms with Gasteiger partial charge >= 0.3 is 0 Å². The third-order valence-electron chi connectivity index (χ3n) is 2.85. The monoisotopic (exact) mass is 269 g/mol. The Hall–Kier alpha value is -1.46. The maximum Gasteiger partial charge on any atom is 0.259 e. The van der Waals surface area contributed by atoms with E-state index in [0.29, 0.717) is 17.8 Å². The van der Waals surface area contributed by atoms with Crippen molar-refractivity contribution in [3.05, 3.63) is 34.9 Å². The molecule has 2 rings (SSSR count). The minimum Gasteiger partial charge on any atom is -0.334 e. The summed E-state index contributed by atoms with van der Waals surface area (Å²) < 4.78 is 18.4. The largest absolute Gasteiger partial charge is 0.334 e. The predicted molar refractivity (Wildman–Crippen MR) is 66.5 cm³/mol. The molecule has 1 atom stereocenters. The average molecular weight is 270 g/mol. The molecular formula is C12H13ClFN3O. The van der Waals surface area contributed by atoms with E-state index in [-0.39, 0.29) is 10.9 Å². The van der Waals surface area contributed by atoms with Gasteiger partial charge in [0.1, 0.15) is 5.82 Å². The Morgan fingerprint density at radius 2 is 2.22 bits per heavy atom. The van der Waals surface area contributed by atoms with Crippen LogP contribution in [-0.2, 0) is 5.54 Å². The van der Waals surface area contributed by atoms with E-state index in [4.69, 9.17) is 21.9 Å². The molecule has 2 N–H and O–H groups in total. The molecule has 0 aliphatic heterocycles.